The van der Waals surface area contributed by atoms with Crippen molar-refractivity contribution in [3.63, 3.8) is 0 Å². The van der Waals surface area contributed by atoms with Gasteiger partial charge in [-0.2, -0.15) is 0 Å². The van der Waals surface area contributed by atoms with E-state index in [1.807, 2.05) is 29.2 Å². The van der Waals surface area contributed by atoms with Crippen LogP contribution in [-0.2, 0) is 11.3 Å². The van der Waals surface area contributed by atoms with Crippen LogP contribution < -0.4 is 5.73 Å². The Kier molecular flexibility index (Phi) is 5.05. The number of hydrogen-bond acceptors (Lipinski definition) is 2. The van der Waals surface area contributed by atoms with Gasteiger partial charge in [-0.1, -0.05) is 37.5 Å². The monoisotopic (exact) mass is 274 g/mol. The highest BCUT2D eigenvalue weighted by atomic mass is 16.2. The van der Waals surface area contributed by atoms with Gasteiger partial charge in [0.25, 0.3) is 0 Å². The van der Waals surface area contributed by atoms with Gasteiger partial charge in [-0.3, -0.25) is 4.79 Å². The minimum atomic E-state index is 0.212. The lowest BCUT2D eigenvalue weighted by atomic mass is 9.88. The van der Waals surface area contributed by atoms with E-state index in [1.165, 1.54) is 19.3 Å². The molecule has 0 saturated heterocycles. The van der Waals surface area contributed by atoms with Gasteiger partial charge in [0, 0.05) is 24.2 Å². The van der Waals surface area contributed by atoms with Crippen LogP contribution in [0, 0.1) is 5.92 Å². The summed E-state index contributed by atoms with van der Waals surface area (Å²) in [5.74, 6) is 0.527. The zero-order valence-corrected chi connectivity index (χ0v) is 12.6. The van der Waals surface area contributed by atoms with Crippen LogP contribution in [0.25, 0.3) is 0 Å². The van der Waals surface area contributed by atoms with Crippen LogP contribution >= 0.6 is 0 Å². The van der Waals surface area contributed by atoms with Crippen LogP contribution in [0.4, 0.5) is 5.69 Å². The second kappa shape index (κ2) is 6.78. The van der Waals surface area contributed by atoms with Crippen molar-refractivity contribution in [1.82, 2.24) is 4.90 Å². The lowest BCUT2D eigenvalue weighted by Crippen LogP contribution is -2.41. The first-order chi connectivity index (χ1) is 9.59. The van der Waals surface area contributed by atoms with Crippen LogP contribution in [0.15, 0.2) is 24.3 Å². The highest BCUT2D eigenvalue weighted by Gasteiger charge is 2.27. The van der Waals surface area contributed by atoms with Crippen LogP contribution in [-0.4, -0.2) is 16.8 Å². The Balaban J connectivity index is 2.10. The van der Waals surface area contributed by atoms with E-state index in [9.17, 15) is 4.79 Å². The second-order valence-electron chi connectivity index (χ2n) is 6.09. The molecule has 1 aromatic rings. The van der Waals surface area contributed by atoms with E-state index in [4.69, 9.17) is 5.73 Å². The Morgan fingerprint density at radius 3 is 2.50 bits per heavy atom. The number of amides is 1. The summed E-state index contributed by atoms with van der Waals surface area (Å²) in [5.41, 5.74) is 7.83. The molecule has 1 aromatic carbocycles. The van der Waals surface area contributed by atoms with Crippen molar-refractivity contribution >= 4 is 11.6 Å². The van der Waals surface area contributed by atoms with Gasteiger partial charge in [0.2, 0.25) is 5.91 Å². The third-order valence-corrected chi connectivity index (χ3v) is 4.26. The summed E-state index contributed by atoms with van der Waals surface area (Å²) in [6.07, 6.45) is 5.75. The molecule has 0 radical (unpaired) electrons. The van der Waals surface area contributed by atoms with Gasteiger partial charge in [-0.15, -0.1) is 0 Å². The predicted octanol–water partition coefficient (Wildman–Crippen LogP) is 3.59. The molecule has 0 unspecified atom stereocenters. The lowest BCUT2D eigenvalue weighted by Gasteiger charge is -2.32. The highest BCUT2D eigenvalue weighted by molar-refractivity contribution is 5.79. The number of nitrogens with two attached hydrogens (primary N) is 1. The second-order valence-corrected chi connectivity index (χ2v) is 6.09. The number of carbonyl (C=O) groups is 1. The summed E-state index contributed by atoms with van der Waals surface area (Å²) in [7, 11) is 0. The Labute approximate surface area is 122 Å². The van der Waals surface area contributed by atoms with E-state index >= 15 is 0 Å². The lowest BCUT2D eigenvalue weighted by molar-refractivity contribution is -0.139. The highest BCUT2D eigenvalue weighted by Crippen LogP contribution is 2.27. The standard InChI is InChI=1S/C17H26N2O/c1-13(2)19(12-15-10-6-7-11-16(15)18)17(20)14-8-4-3-5-9-14/h6-7,10-11,13-14H,3-5,8-9,12,18H2,1-2H3. The fraction of sp³-hybridized carbons (Fsp3) is 0.588. The molecular formula is C17H26N2O. The number of hydrogen-bond donors (Lipinski definition) is 1. The third kappa shape index (κ3) is 3.53. The van der Waals surface area contributed by atoms with E-state index < -0.39 is 0 Å². The summed E-state index contributed by atoms with van der Waals surface area (Å²) in [6.45, 7) is 4.79. The molecule has 1 amide bonds. The van der Waals surface area contributed by atoms with Crippen LogP contribution in [0.1, 0.15) is 51.5 Å². The molecule has 0 spiro atoms. The van der Waals surface area contributed by atoms with E-state index in [-0.39, 0.29) is 12.0 Å². The largest absolute Gasteiger partial charge is 0.398 e. The molecule has 2 rings (SSSR count). The zero-order chi connectivity index (χ0) is 14.5. The molecule has 0 atom stereocenters. The van der Waals surface area contributed by atoms with Crippen molar-refractivity contribution in [2.75, 3.05) is 5.73 Å². The topological polar surface area (TPSA) is 46.3 Å². The van der Waals surface area contributed by atoms with Crippen LogP contribution in [0.3, 0.4) is 0 Å². The summed E-state index contributed by atoms with van der Waals surface area (Å²) in [4.78, 5) is 14.7. The fourth-order valence-electron chi connectivity index (χ4n) is 2.96. The Hall–Kier alpha value is -1.51. The predicted molar refractivity (Wildman–Crippen MR) is 83.1 cm³/mol. The first kappa shape index (κ1) is 14.9. The number of carbonyl (C=O) groups excluding carboxylic acids is 1. The molecule has 2 N–H and O–H groups in total. The van der Waals surface area contributed by atoms with Crippen molar-refractivity contribution in [2.45, 2.75) is 58.5 Å². The van der Waals surface area contributed by atoms with Crippen molar-refractivity contribution in [3.8, 4) is 0 Å². The van der Waals surface area contributed by atoms with Gasteiger partial charge in [0.1, 0.15) is 0 Å². The van der Waals surface area contributed by atoms with Gasteiger partial charge in [0.05, 0.1) is 0 Å². The first-order valence-corrected chi connectivity index (χ1v) is 7.73. The Bertz CT molecular complexity index is 450. The molecule has 3 nitrogen and oxygen atoms in total. The molecule has 0 aliphatic heterocycles. The molecule has 1 aliphatic carbocycles. The van der Waals surface area contributed by atoms with Crippen LogP contribution in [0.5, 0.6) is 0 Å². The van der Waals surface area contributed by atoms with E-state index in [0.29, 0.717) is 12.5 Å². The number of benzene rings is 1. The Morgan fingerprint density at radius 1 is 1.25 bits per heavy atom. The summed E-state index contributed by atoms with van der Waals surface area (Å²) in [5, 5.41) is 0. The number of nitrogen functional groups attached to an aromatic ring is 1. The maximum Gasteiger partial charge on any atom is 0.226 e. The molecule has 3 heteroatoms. The van der Waals surface area contributed by atoms with Gasteiger partial charge >= 0.3 is 0 Å². The van der Waals surface area contributed by atoms with Crippen molar-refractivity contribution in [1.29, 1.82) is 0 Å². The maximum absolute atomic E-state index is 12.7. The summed E-state index contributed by atoms with van der Waals surface area (Å²) in [6, 6.07) is 8.04. The normalized spacial score (nSPS) is 16.4. The summed E-state index contributed by atoms with van der Waals surface area (Å²) >= 11 is 0. The smallest absolute Gasteiger partial charge is 0.226 e. The third-order valence-electron chi connectivity index (χ3n) is 4.26. The number of anilines is 1. The fourth-order valence-corrected chi connectivity index (χ4v) is 2.96. The number of para-hydroxylation sites is 1. The molecule has 0 heterocycles. The van der Waals surface area contributed by atoms with E-state index in [1.54, 1.807) is 0 Å². The molecule has 1 aliphatic rings. The number of nitrogens with zero attached hydrogens (tertiary/aromatic N) is 1. The average molecular weight is 274 g/mol. The van der Waals surface area contributed by atoms with Gasteiger partial charge in [-0.25, -0.2) is 0 Å². The zero-order valence-electron chi connectivity index (χ0n) is 12.6. The van der Waals surface area contributed by atoms with Crippen molar-refractivity contribution in [2.24, 2.45) is 5.92 Å². The van der Waals surface area contributed by atoms with Crippen LogP contribution in [0.2, 0.25) is 0 Å². The minimum absolute atomic E-state index is 0.212. The molecular weight excluding hydrogens is 248 g/mol. The molecule has 0 bridgehead atoms. The molecule has 0 aromatic heterocycles. The van der Waals surface area contributed by atoms with Crippen molar-refractivity contribution < 1.29 is 4.79 Å². The quantitative estimate of drug-likeness (QED) is 0.853. The first-order valence-electron chi connectivity index (χ1n) is 7.73. The molecule has 20 heavy (non-hydrogen) atoms. The van der Waals surface area contributed by atoms with Gasteiger partial charge < -0.3 is 10.6 Å². The summed E-state index contributed by atoms with van der Waals surface area (Å²) < 4.78 is 0. The minimum Gasteiger partial charge on any atom is -0.398 e. The van der Waals surface area contributed by atoms with E-state index in [2.05, 4.69) is 13.8 Å². The molecule has 1 saturated carbocycles. The maximum atomic E-state index is 12.7. The molecule has 1 fully saturated rings. The molecule has 110 valence electrons. The van der Waals surface area contributed by atoms with Gasteiger partial charge in [0.15, 0.2) is 0 Å². The average Bonchev–Trinajstić information content (AvgIpc) is 2.46. The van der Waals surface area contributed by atoms with E-state index in [0.717, 1.165) is 24.1 Å². The number of rotatable bonds is 4. The Morgan fingerprint density at radius 2 is 1.90 bits per heavy atom. The van der Waals surface area contributed by atoms with Crippen molar-refractivity contribution in [3.05, 3.63) is 29.8 Å². The van der Waals surface area contributed by atoms with Gasteiger partial charge in [-0.05, 0) is 38.3 Å². The SMILES string of the molecule is CC(C)N(Cc1ccccc1N)C(=O)C1CCCCC1.